The third-order valence-corrected chi connectivity index (χ3v) is 4.75. The molecule has 1 aliphatic heterocycles. The molecule has 2 N–H and O–H groups in total. The van der Waals surface area contributed by atoms with Gasteiger partial charge < -0.3 is 15.3 Å². The van der Waals surface area contributed by atoms with Crippen molar-refractivity contribution in [3.63, 3.8) is 0 Å². The van der Waals surface area contributed by atoms with E-state index in [9.17, 15) is 9.90 Å². The van der Waals surface area contributed by atoms with E-state index in [4.69, 9.17) is 0 Å². The molecule has 0 fully saturated rings. The van der Waals surface area contributed by atoms with E-state index >= 15 is 0 Å². The van der Waals surface area contributed by atoms with Crippen LogP contribution in [-0.2, 0) is 17.8 Å². The molecular weight excluding hydrogens is 272 g/mol. The van der Waals surface area contributed by atoms with E-state index < -0.39 is 5.60 Å². The van der Waals surface area contributed by atoms with E-state index in [1.807, 2.05) is 18.7 Å². The maximum atomic E-state index is 12.2. The number of nitrogens with one attached hydrogen (secondary N) is 1. The minimum absolute atomic E-state index is 0.120. The predicted molar refractivity (Wildman–Crippen MR) is 81.8 cm³/mol. The van der Waals surface area contributed by atoms with Crippen molar-refractivity contribution in [2.24, 2.45) is 0 Å². The van der Waals surface area contributed by atoms with Crippen LogP contribution in [0.5, 0.6) is 0 Å². The number of thiophene rings is 1. The first-order chi connectivity index (χ1) is 9.52. The van der Waals surface area contributed by atoms with Gasteiger partial charge in [-0.25, -0.2) is 0 Å². The van der Waals surface area contributed by atoms with Crippen molar-refractivity contribution >= 4 is 17.2 Å². The third-order valence-electron chi connectivity index (χ3n) is 3.73. The Labute approximate surface area is 124 Å². The highest BCUT2D eigenvalue weighted by atomic mass is 32.1. The van der Waals surface area contributed by atoms with Crippen LogP contribution in [0.15, 0.2) is 11.4 Å². The fourth-order valence-corrected chi connectivity index (χ4v) is 3.53. The van der Waals surface area contributed by atoms with Gasteiger partial charge in [0.1, 0.15) is 0 Å². The molecule has 20 heavy (non-hydrogen) atoms. The Morgan fingerprint density at radius 3 is 3.15 bits per heavy atom. The van der Waals surface area contributed by atoms with Crippen LogP contribution in [0, 0.1) is 0 Å². The summed E-state index contributed by atoms with van der Waals surface area (Å²) in [6.07, 6.45) is 2.65. The van der Waals surface area contributed by atoms with Crippen LogP contribution in [0.4, 0.5) is 0 Å². The SMILES string of the molecule is CCCC(C)(O)CNCC(=O)N1CCc2sccc2C1. The van der Waals surface area contributed by atoms with Crippen LogP contribution in [0.25, 0.3) is 0 Å². The summed E-state index contributed by atoms with van der Waals surface area (Å²) in [5.41, 5.74) is 0.560. The van der Waals surface area contributed by atoms with Gasteiger partial charge in [-0.05, 0) is 36.8 Å². The Morgan fingerprint density at radius 2 is 2.40 bits per heavy atom. The lowest BCUT2D eigenvalue weighted by atomic mass is 10.0. The van der Waals surface area contributed by atoms with Gasteiger partial charge in [0, 0.05) is 24.5 Å². The van der Waals surface area contributed by atoms with Gasteiger partial charge in [-0.1, -0.05) is 13.3 Å². The van der Waals surface area contributed by atoms with Crippen LogP contribution in [0.1, 0.15) is 37.1 Å². The first-order valence-corrected chi connectivity index (χ1v) is 8.16. The number of nitrogens with zero attached hydrogens (tertiary/aromatic N) is 1. The smallest absolute Gasteiger partial charge is 0.236 e. The number of hydrogen-bond donors (Lipinski definition) is 2. The fourth-order valence-electron chi connectivity index (χ4n) is 2.64. The van der Waals surface area contributed by atoms with Gasteiger partial charge in [0.15, 0.2) is 0 Å². The minimum Gasteiger partial charge on any atom is -0.389 e. The van der Waals surface area contributed by atoms with Gasteiger partial charge in [0.25, 0.3) is 0 Å². The van der Waals surface area contributed by atoms with Gasteiger partial charge >= 0.3 is 0 Å². The summed E-state index contributed by atoms with van der Waals surface area (Å²) in [6.45, 7) is 6.16. The number of carbonyl (C=O) groups is 1. The Morgan fingerprint density at radius 1 is 1.60 bits per heavy atom. The minimum atomic E-state index is -0.725. The quantitative estimate of drug-likeness (QED) is 0.841. The second kappa shape index (κ2) is 6.70. The lowest BCUT2D eigenvalue weighted by Crippen LogP contribution is -2.45. The lowest BCUT2D eigenvalue weighted by molar-refractivity contribution is -0.131. The highest BCUT2D eigenvalue weighted by Gasteiger charge is 2.23. The largest absolute Gasteiger partial charge is 0.389 e. The highest BCUT2D eigenvalue weighted by Crippen LogP contribution is 2.23. The van der Waals surface area contributed by atoms with Crippen molar-refractivity contribution in [2.45, 2.75) is 45.3 Å². The monoisotopic (exact) mass is 296 g/mol. The Balaban J connectivity index is 1.76. The molecule has 5 heteroatoms. The third kappa shape index (κ3) is 4.04. The Kier molecular flexibility index (Phi) is 5.18. The number of rotatable bonds is 6. The zero-order chi connectivity index (χ0) is 14.6. The van der Waals surface area contributed by atoms with Crippen LogP contribution < -0.4 is 5.32 Å². The topological polar surface area (TPSA) is 52.6 Å². The zero-order valence-electron chi connectivity index (χ0n) is 12.3. The van der Waals surface area contributed by atoms with E-state index in [-0.39, 0.29) is 5.91 Å². The standard InChI is InChI=1S/C15H24N2O2S/c1-3-6-15(2,19)11-16-9-14(18)17-7-4-13-12(10-17)5-8-20-13/h5,8,16,19H,3-4,6-7,9-11H2,1-2H3. The van der Waals surface area contributed by atoms with Gasteiger partial charge in [-0.3, -0.25) is 4.79 Å². The number of amides is 1. The van der Waals surface area contributed by atoms with E-state index in [0.717, 1.165) is 32.4 Å². The molecule has 0 radical (unpaired) electrons. The Bertz CT molecular complexity index is 456. The normalized spacial score (nSPS) is 17.6. The molecule has 0 saturated heterocycles. The van der Waals surface area contributed by atoms with Crippen molar-refractivity contribution in [2.75, 3.05) is 19.6 Å². The number of fused-ring (bicyclic) bond motifs is 1. The molecule has 112 valence electrons. The molecule has 4 nitrogen and oxygen atoms in total. The van der Waals surface area contributed by atoms with E-state index in [0.29, 0.717) is 13.1 Å². The molecule has 1 aromatic heterocycles. The molecular formula is C15H24N2O2S. The number of aliphatic hydroxyl groups is 1. The summed E-state index contributed by atoms with van der Waals surface area (Å²) in [4.78, 5) is 15.5. The summed E-state index contributed by atoms with van der Waals surface area (Å²) < 4.78 is 0. The van der Waals surface area contributed by atoms with Crippen LogP contribution in [0.3, 0.4) is 0 Å². The fraction of sp³-hybridized carbons (Fsp3) is 0.667. The molecule has 2 heterocycles. The van der Waals surface area contributed by atoms with Gasteiger partial charge in [0.05, 0.1) is 12.1 Å². The highest BCUT2D eigenvalue weighted by molar-refractivity contribution is 7.10. The van der Waals surface area contributed by atoms with Crippen molar-refractivity contribution in [1.82, 2.24) is 10.2 Å². The summed E-state index contributed by atoms with van der Waals surface area (Å²) in [5.74, 6) is 0.120. The molecule has 1 unspecified atom stereocenters. The van der Waals surface area contributed by atoms with Crippen molar-refractivity contribution in [1.29, 1.82) is 0 Å². The van der Waals surface area contributed by atoms with Crippen molar-refractivity contribution < 1.29 is 9.90 Å². The van der Waals surface area contributed by atoms with Gasteiger partial charge in [0.2, 0.25) is 5.91 Å². The molecule has 0 aromatic carbocycles. The van der Waals surface area contributed by atoms with Gasteiger partial charge in [-0.2, -0.15) is 0 Å². The van der Waals surface area contributed by atoms with E-state index in [1.165, 1.54) is 10.4 Å². The molecule has 2 rings (SSSR count). The molecule has 1 amide bonds. The summed E-state index contributed by atoms with van der Waals surface area (Å²) in [5, 5.41) is 15.2. The average molecular weight is 296 g/mol. The second-order valence-corrected chi connectivity index (χ2v) is 6.79. The van der Waals surface area contributed by atoms with Crippen molar-refractivity contribution in [3.8, 4) is 0 Å². The number of hydrogen-bond acceptors (Lipinski definition) is 4. The first kappa shape index (κ1) is 15.5. The van der Waals surface area contributed by atoms with Crippen LogP contribution >= 0.6 is 11.3 Å². The van der Waals surface area contributed by atoms with Crippen molar-refractivity contribution in [3.05, 3.63) is 21.9 Å². The Hall–Kier alpha value is -0.910. The molecule has 1 atom stereocenters. The second-order valence-electron chi connectivity index (χ2n) is 5.78. The predicted octanol–water partition coefficient (Wildman–Crippen LogP) is 1.77. The summed E-state index contributed by atoms with van der Waals surface area (Å²) in [7, 11) is 0. The molecule has 0 spiro atoms. The first-order valence-electron chi connectivity index (χ1n) is 7.28. The zero-order valence-corrected chi connectivity index (χ0v) is 13.1. The molecule has 1 aromatic rings. The summed E-state index contributed by atoms with van der Waals surface area (Å²) in [6, 6.07) is 2.11. The van der Waals surface area contributed by atoms with E-state index in [1.54, 1.807) is 11.3 Å². The average Bonchev–Trinajstić information content (AvgIpc) is 2.85. The molecule has 0 aliphatic carbocycles. The summed E-state index contributed by atoms with van der Waals surface area (Å²) >= 11 is 1.78. The molecule has 0 saturated carbocycles. The number of carbonyl (C=O) groups excluding carboxylic acids is 1. The lowest BCUT2D eigenvalue weighted by Gasteiger charge is -2.28. The van der Waals surface area contributed by atoms with E-state index in [2.05, 4.69) is 16.8 Å². The van der Waals surface area contributed by atoms with Crippen LogP contribution in [-0.4, -0.2) is 41.1 Å². The van der Waals surface area contributed by atoms with Crippen LogP contribution in [0.2, 0.25) is 0 Å². The van der Waals surface area contributed by atoms with Gasteiger partial charge in [-0.15, -0.1) is 11.3 Å². The maximum absolute atomic E-state index is 12.2. The molecule has 0 bridgehead atoms. The maximum Gasteiger partial charge on any atom is 0.236 e. The molecule has 1 aliphatic rings.